The minimum Gasteiger partial charge on any atom is -0.468 e. The van der Waals surface area contributed by atoms with E-state index in [1.165, 1.54) is 18.8 Å². The molecule has 0 radical (unpaired) electrons. The third-order valence-corrected chi connectivity index (χ3v) is 2.10. The lowest BCUT2D eigenvalue weighted by Gasteiger charge is -2.02. The molecule has 0 spiro atoms. The van der Waals surface area contributed by atoms with Crippen molar-refractivity contribution >= 4 is 11.9 Å². The molecule has 4 nitrogen and oxygen atoms in total. The molecular formula is C13H21NO3. The van der Waals surface area contributed by atoms with Gasteiger partial charge >= 0.3 is 5.97 Å². The lowest BCUT2D eigenvalue weighted by Crippen LogP contribution is -2.28. The van der Waals surface area contributed by atoms with Crippen LogP contribution in [-0.2, 0) is 14.3 Å². The van der Waals surface area contributed by atoms with Gasteiger partial charge in [-0.2, -0.15) is 0 Å². The average Bonchev–Trinajstić information content (AvgIpc) is 2.25. The van der Waals surface area contributed by atoms with E-state index in [1.54, 1.807) is 0 Å². The summed E-state index contributed by atoms with van der Waals surface area (Å²) in [6.45, 7) is 5.90. The molecule has 1 N–H and O–H groups in total. The van der Waals surface area contributed by atoms with Gasteiger partial charge in [0, 0.05) is 6.08 Å². The van der Waals surface area contributed by atoms with E-state index in [9.17, 15) is 9.59 Å². The van der Waals surface area contributed by atoms with E-state index < -0.39 is 5.97 Å². The standard InChI is InChI=1S/C13H21NO3/c1-10(2)6-5-7-11(3)8-12(15)14-9-13(16)17-4/h6,8H,5,7,9H2,1-4H3,(H,14,15)/b11-8+. The van der Waals surface area contributed by atoms with Crippen LogP contribution >= 0.6 is 0 Å². The Morgan fingerprint density at radius 3 is 2.41 bits per heavy atom. The van der Waals surface area contributed by atoms with Crippen LogP contribution in [0.4, 0.5) is 0 Å². The molecule has 0 aliphatic rings. The highest BCUT2D eigenvalue weighted by Crippen LogP contribution is 2.06. The van der Waals surface area contributed by atoms with Crippen LogP contribution in [0.3, 0.4) is 0 Å². The number of hydrogen-bond donors (Lipinski definition) is 1. The molecule has 0 saturated heterocycles. The Morgan fingerprint density at radius 1 is 1.24 bits per heavy atom. The zero-order valence-electron chi connectivity index (χ0n) is 11.0. The first-order valence-corrected chi connectivity index (χ1v) is 5.61. The van der Waals surface area contributed by atoms with Crippen molar-refractivity contribution in [2.24, 2.45) is 0 Å². The lowest BCUT2D eigenvalue weighted by atomic mass is 10.1. The zero-order chi connectivity index (χ0) is 13.3. The summed E-state index contributed by atoms with van der Waals surface area (Å²) in [5, 5.41) is 2.46. The van der Waals surface area contributed by atoms with E-state index in [1.807, 2.05) is 20.8 Å². The highest BCUT2D eigenvalue weighted by atomic mass is 16.5. The molecule has 0 heterocycles. The van der Waals surface area contributed by atoms with Gasteiger partial charge in [-0.25, -0.2) is 0 Å². The first-order chi connectivity index (χ1) is 7.95. The van der Waals surface area contributed by atoms with E-state index in [0.717, 1.165) is 18.4 Å². The number of amides is 1. The van der Waals surface area contributed by atoms with Gasteiger partial charge in [-0.1, -0.05) is 17.2 Å². The molecule has 0 atom stereocenters. The lowest BCUT2D eigenvalue weighted by molar-refractivity contribution is -0.140. The highest BCUT2D eigenvalue weighted by molar-refractivity contribution is 5.90. The van der Waals surface area contributed by atoms with Gasteiger partial charge in [-0.05, 0) is 33.6 Å². The van der Waals surface area contributed by atoms with Gasteiger partial charge in [0.1, 0.15) is 6.54 Å². The van der Waals surface area contributed by atoms with Gasteiger partial charge in [0.25, 0.3) is 0 Å². The van der Waals surface area contributed by atoms with E-state index >= 15 is 0 Å². The molecule has 0 aliphatic heterocycles. The molecule has 0 aliphatic carbocycles. The molecule has 0 unspecified atom stereocenters. The molecule has 0 saturated carbocycles. The molecule has 0 aromatic carbocycles. The summed E-state index contributed by atoms with van der Waals surface area (Å²) in [5.74, 6) is -0.709. The second kappa shape index (κ2) is 8.56. The summed E-state index contributed by atoms with van der Waals surface area (Å²) in [6.07, 6.45) is 5.41. The minimum atomic E-state index is -0.450. The maximum atomic E-state index is 11.4. The van der Waals surface area contributed by atoms with Crippen LogP contribution in [0.2, 0.25) is 0 Å². The van der Waals surface area contributed by atoms with Crippen molar-refractivity contribution in [1.29, 1.82) is 0 Å². The van der Waals surface area contributed by atoms with Gasteiger partial charge in [-0.3, -0.25) is 9.59 Å². The Labute approximate surface area is 103 Å². The zero-order valence-corrected chi connectivity index (χ0v) is 11.0. The van der Waals surface area contributed by atoms with Crippen molar-refractivity contribution in [3.63, 3.8) is 0 Å². The number of carbonyl (C=O) groups excluding carboxylic acids is 2. The van der Waals surface area contributed by atoms with Crippen LogP contribution in [0.1, 0.15) is 33.6 Å². The van der Waals surface area contributed by atoms with Crippen LogP contribution in [0.5, 0.6) is 0 Å². The summed E-state index contributed by atoms with van der Waals surface area (Å²) < 4.78 is 4.41. The first-order valence-electron chi connectivity index (χ1n) is 5.61. The number of carbonyl (C=O) groups is 2. The molecule has 0 aromatic rings. The maximum Gasteiger partial charge on any atom is 0.325 e. The van der Waals surface area contributed by atoms with Crippen LogP contribution in [-0.4, -0.2) is 25.5 Å². The second-order valence-electron chi connectivity index (χ2n) is 4.10. The third kappa shape index (κ3) is 9.35. The van der Waals surface area contributed by atoms with Crippen LogP contribution in [0, 0.1) is 0 Å². The molecular weight excluding hydrogens is 218 g/mol. The number of hydrogen-bond acceptors (Lipinski definition) is 3. The Morgan fingerprint density at radius 2 is 1.88 bits per heavy atom. The van der Waals surface area contributed by atoms with Crippen LogP contribution in [0.25, 0.3) is 0 Å². The number of esters is 1. The highest BCUT2D eigenvalue weighted by Gasteiger charge is 2.02. The average molecular weight is 239 g/mol. The van der Waals surface area contributed by atoms with Crippen molar-refractivity contribution in [1.82, 2.24) is 5.32 Å². The van der Waals surface area contributed by atoms with Gasteiger partial charge in [0.2, 0.25) is 5.91 Å². The van der Waals surface area contributed by atoms with E-state index in [0.29, 0.717) is 0 Å². The predicted molar refractivity (Wildman–Crippen MR) is 67.4 cm³/mol. The van der Waals surface area contributed by atoms with Crippen LogP contribution in [0.15, 0.2) is 23.3 Å². The Kier molecular flexibility index (Phi) is 7.76. The fourth-order valence-corrected chi connectivity index (χ4v) is 1.17. The van der Waals surface area contributed by atoms with Crippen molar-refractivity contribution in [2.45, 2.75) is 33.6 Å². The normalized spacial score (nSPS) is 10.7. The summed E-state index contributed by atoms with van der Waals surface area (Å²) in [5.41, 5.74) is 2.26. The van der Waals surface area contributed by atoms with E-state index in [4.69, 9.17) is 0 Å². The van der Waals surface area contributed by atoms with Gasteiger partial charge in [-0.15, -0.1) is 0 Å². The molecule has 0 aromatic heterocycles. The van der Waals surface area contributed by atoms with E-state index in [-0.39, 0.29) is 12.5 Å². The van der Waals surface area contributed by atoms with Crippen molar-refractivity contribution < 1.29 is 14.3 Å². The summed E-state index contributed by atoms with van der Waals surface area (Å²) in [4.78, 5) is 22.1. The Bertz CT molecular complexity index is 326. The quantitative estimate of drug-likeness (QED) is 0.438. The number of allylic oxidation sites excluding steroid dienone is 3. The topological polar surface area (TPSA) is 55.4 Å². The maximum absolute atomic E-state index is 11.4. The number of nitrogens with one attached hydrogen (secondary N) is 1. The third-order valence-electron chi connectivity index (χ3n) is 2.10. The predicted octanol–water partition coefficient (Wildman–Crippen LogP) is 1.97. The molecule has 0 rings (SSSR count). The van der Waals surface area contributed by atoms with Crippen molar-refractivity contribution in [3.8, 4) is 0 Å². The molecule has 1 amide bonds. The second-order valence-corrected chi connectivity index (χ2v) is 4.10. The summed E-state index contributed by atoms with van der Waals surface area (Å²) in [6, 6.07) is 0. The Balaban J connectivity index is 3.98. The molecule has 0 bridgehead atoms. The van der Waals surface area contributed by atoms with E-state index in [2.05, 4.69) is 16.1 Å². The smallest absolute Gasteiger partial charge is 0.325 e. The minimum absolute atomic E-state index is 0.0902. The number of ether oxygens (including phenoxy) is 1. The number of rotatable bonds is 6. The van der Waals surface area contributed by atoms with Crippen molar-refractivity contribution in [3.05, 3.63) is 23.3 Å². The Hall–Kier alpha value is -1.58. The van der Waals surface area contributed by atoms with Gasteiger partial charge in [0.05, 0.1) is 7.11 Å². The summed E-state index contributed by atoms with van der Waals surface area (Å²) in [7, 11) is 1.29. The molecule has 4 heteroatoms. The molecule has 17 heavy (non-hydrogen) atoms. The fourth-order valence-electron chi connectivity index (χ4n) is 1.17. The summed E-state index contributed by atoms with van der Waals surface area (Å²) >= 11 is 0. The van der Waals surface area contributed by atoms with Gasteiger partial charge < -0.3 is 10.1 Å². The van der Waals surface area contributed by atoms with Crippen LogP contribution < -0.4 is 5.32 Å². The largest absolute Gasteiger partial charge is 0.468 e. The van der Waals surface area contributed by atoms with Crippen molar-refractivity contribution in [2.75, 3.05) is 13.7 Å². The molecule has 0 fully saturated rings. The fraction of sp³-hybridized carbons (Fsp3) is 0.538. The molecule has 96 valence electrons. The van der Waals surface area contributed by atoms with Gasteiger partial charge in [0.15, 0.2) is 0 Å². The SMILES string of the molecule is COC(=O)CNC(=O)/C=C(\C)CCC=C(C)C. The first kappa shape index (κ1) is 15.4. The monoisotopic (exact) mass is 239 g/mol. The number of methoxy groups -OCH3 is 1.